The van der Waals surface area contributed by atoms with Crippen LogP contribution >= 0.6 is 0 Å². The minimum Gasteiger partial charge on any atom is -0.311 e. The summed E-state index contributed by atoms with van der Waals surface area (Å²) in [5, 5.41) is 5.01. The second-order valence-electron chi connectivity index (χ2n) is 15.4. The molecule has 0 aliphatic heterocycles. The molecule has 266 valence electrons. The molecule has 1 aliphatic rings. The fourth-order valence-electron chi connectivity index (χ4n) is 8.30. The van der Waals surface area contributed by atoms with Gasteiger partial charge in [0.15, 0.2) is 0 Å². The Labute approximate surface area is 328 Å². The first-order valence-electron chi connectivity index (χ1n) is 19.4. The zero-order valence-electron chi connectivity index (χ0n) is 31.5. The Hall–Kier alpha value is -7.03. The van der Waals surface area contributed by atoms with Gasteiger partial charge in [-0.15, -0.1) is 0 Å². The maximum atomic E-state index is 4.76. The third kappa shape index (κ3) is 6.16. The number of rotatable bonds is 7. The van der Waals surface area contributed by atoms with E-state index in [9.17, 15) is 0 Å². The van der Waals surface area contributed by atoms with Gasteiger partial charge < -0.3 is 4.90 Å². The highest BCUT2D eigenvalue weighted by Crippen LogP contribution is 2.43. The van der Waals surface area contributed by atoms with E-state index < -0.39 is 0 Å². The summed E-state index contributed by atoms with van der Waals surface area (Å²) in [4.78, 5) is 7.11. The Morgan fingerprint density at radius 1 is 0.375 bits per heavy atom. The number of fused-ring (bicyclic) bond motifs is 3. The summed E-state index contributed by atoms with van der Waals surface area (Å²) in [5.41, 5.74) is 15.2. The Morgan fingerprint density at radius 3 is 1.25 bits per heavy atom. The smallest absolute Gasteiger partial charge is 0.0745 e. The fraction of sp³-hybridized carbons (Fsp3) is 0.0556. The van der Waals surface area contributed by atoms with Crippen molar-refractivity contribution in [1.82, 2.24) is 4.98 Å². The second-order valence-corrected chi connectivity index (χ2v) is 15.4. The van der Waals surface area contributed by atoms with Gasteiger partial charge in [0.25, 0.3) is 0 Å². The minimum absolute atomic E-state index is 0.0349. The molecule has 10 rings (SSSR count). The number of anilines is 3. The average Bonchev–Trinajstić information content (AvgIpc) is 3.54. The SMILES string of the molecule is CC1(C)C=C(c2ccc(-c3ccc(N(c4ccc(-c5ccc6ccccc6c5)cc4)c4ccc(-c5ccc6ccccc6c5)cc4)cc3)cc2)c2ncccc21. The third-order valence-electron chi connectivity index (χ3n) is 11.3. The largest absolute Gasteiger partial charge is 0.311 e. The van der Waals surface area contributed by atoms with Crippen LogP contribution in [-0.4, -0.2) is 4.98 Å². The van der Waals surface area contributed by atoms with E-state index in [0.29, 0.717) is 0 Å². The first kappa shape index (κ1) is 33.5. The highest BCUT2D eigenvalue weighted by atomic mass is 15.1. The maximum Gasteiger partial charge on any atom is 0.0745 e. The highest BCUT2D eigenvalue weighted by molar-refractivity contribution is 5.90. The van der Waals surface area contributed by atoms with Gasteiger partial charge in [-0.25, -0.2) is 0 Å². The van der Waals surface area contributed by atoms with Crippen LogP contribution in [0.4, 0.5) is 17.1 Å². The molecule has 0 unspecified atom stereocenters. The molecule has 2 nitrogen and oxygen atoms in total. The van der Waals surface area contributed by atoms with Gasteiger partial charge in [0.1, 0.15) is 0 Å². The first-order valence-corrected chi connectivity index (χ1v) is 19.4. The molecule has 0 radical (unpaired) electrons. The molecule has 0 N–H and O–H groups in total. The average molecular weight is 717 g/mol. The summed E-state index contributed by atoms with van der Waals surface area (Å²) in [6, 6.07) is 70.5. The van der Waals surface area contributed by atoms with Crippen molar-refractivity contribution < 1.29 is 0 Å². The summed E-state index contributed by atoms with van der Waals surface area (Å²) in [6.07, 6.45) is 4.25. The summed E-state index contributed by atoms with van der Waals surface area (Å²) in [6.45, 7) is 4.52. The van der Waals surface area contributed by atoms with Gasteiger partial charge in [-0.3, -0.25) is 4.98 Å². The fourth-order valence-corrected chi connectivity index (χ4v) is 8.30. The van der Waals surface area contributed by atoms with E-state index in [-0.39, 0.29) is 5.41 Å². The van der Waals surface area contributed by atoms with Crippen LogP contribution in [0.3, 0.4) is 0 Å². The lowest BCUT2D eigenvalue weighted by atomic mass is 9.88. The van der Waals surface area contributed by atoms with Crippen LogP contribution < -0.4 is 4.90 Å². The number of aromatic nitrogens is 1. The number of pyridine rings is 1. The Morgan fingerprint density at radius 2 is 0.768 bits per heavy atom. The lowest BCUT2D eigenvalue weighted by Gasteiger charge is -2.26. The Bertz CT molecular complexity index is 2780. The van der Waals surface area contributed by atoms with Crippen molar-refractivity contribution in [2.24, 2.45) is 0 Å². The molecule has 0 saturated carbocycles. The standard InChI is InChI=1S/C54H40N2/c1-54(2)36-51(53-52(54)12-7-33-55-53)43-17-13-39(14-18-43)40-21-27-48(28-22-40)56(49-29-23-41(24-30-49)46-19-15-37-8-3-5-10-44(37)34-46)50-31-25-42(26-32-50)47-20-16-38-9-4-6-11-45(38)35-47/h3-36H,1-2H3. The van der Waals surface area contributed by atoms with Gasteiger partial charge in [-0.1, -0.05) is 159 Å². The van der Waals surface area contributed by atoms with E-state index in [1.807, 2.05) is 12.3 Å². The van der Waals surface area contributed by atoms with Gasteiger partial charge in [0, 0.05) is 34.2 Å². The van der Waals surface area contributed by atoms with Crippen LogP contribution in [-0.2, 0) is 5.41 Å². The number of hydrogen-bond donors (Lipinski definition) is 0. The van der Waals surface area contributed by atoms with Crippen molar-refractivity contribution in [3.05, 3.63) is 223 Å². The molecular formula is C54H40N2. The van der Waals surface area contributed by atoms with Crippen LogP contribution in [0.2, 0.25) is 0 Å². The number of benzene rings is 8. The molecule has 9 aromatic rings. The monoisotopic (exact) mass is 716 g/mol. The topological polar surface area (TPSA) is 16.1 Å². The summed E-state index contributed by atoms with van der Waals surface area (Å²) >= 11 is 0. The predicted molar refractivity (Wildman–Crippen MR) is 237 cm³/mol. The minimum atomic E-state index is -0.0349. The molecule has 1 aliphatic carbocycles. The van der Waals surface area contributed by atoms with Crippen LogP contribution in [0.1, 0.15) is 30.7 Å². The highest BCUT2D eigenvalue weighted by Gasteiger charge is 2.31. The van der Waals surface area contributed by atoms with Gasteiger partial charge in [0.2, 0.25) is 0 Å². The molecule has 0 bridgehead atoms. The molecule has 0 fully saturated rings. The molecule has 0 amide bonds. The van der Waals surface area contributed by atoms with E-state index >= 15 is 0 Å². The normalized spacial score (nSPS) is 13.1. The van der Waals surface area contributed by atoms with Crippen LogP contribution in [0.25, 0.3) is 60.5 Å². The predicted octanol–water partition coefficient (Wildman–Crippen LogP) is 14.6. The van der Waals surface area contributed by atoms with Crippen LogP contribution in [0.5, 0.6) is 0 Å². The first-order chi connectivity index (χ1) is 27.5. The number of hydrogen-bond acceptors (Lipinski definition) is 2. The zero-order valence-corrected chi connectivity index (χ0v) is 31.5. The number of nitrogens with zero attached hydrogens (tertiary/aromatic N) is 2. The third-order valence-corrected chi connectivity index (χ3v) is 11.3. The lowest BCUT2D eigenvalue weighted by molar-refractivity contribution is 0.680. The molecule has 1 heterocycles. The molecule has 0 spiro atoms. The molecule has 1 aromatic heterocycles. The van der Waals surface area contributed by atoms with E-state index in [2.05, 4.69) is 213 Å². The molecule has 8 aromatic carbocycles. The van der Waals surface area contributed by atoms with E-state index in [1.54, 1.807) is 0 Å². The summed E-state index contributed by atoms with van der Waals surface area (Å²) in [7, 11) is 0. The van der Waals surface area contributed by atoms with Crippen LogP contribution in [0.15, 0.2) is 206 Å². The van der Waals surface area contributed by atoms with Gasteiger partial charge in [0.05, 0.1) is 5.69 Å². The zero-order chi connectivity index (χ0) is 37.6. The molecule has 2 heteroatoms. The van der Waals surface area contributed by atoms with Crippen molar-refractivity contribution in [1.29, 1.82) is 0 Å². The van der Waals surface area contributed by atoms with E-state index in [0.717, 1.165) is 22.8 Å². The van der Waals surface area contributed by atoms with Gasteiger partial charge in [-0.2, -0.15) is 0 Å². The van der Waals surface area contributed by atoms with Gasteiger partial charge in [-0.05, 0) is 121 Å². The summed E-state index contributed by atoms with van der Waals surface area (Å²) < 4.78 is 0. The lowest BCUT2D eigenvalue weighted by Crippen LogP contribution is -2.10. The maximum absolute atomic E-state index is 4.76. The Balaban J connectivity index is 0.978. The van der Waals surface area contributed by atoms with Crippen molar-refractivity contribution in [3.8, 4) is 33.4 Å². The molecular weight excluding hydrogens is 677 g/mol. The molecule has 56 heavy (non-hydrogen) atoms. The van der Waals surface area contributed by atoms with Crippen molar-refractivity contribution in [2.45, 2.75) is 19.3 Å². The molecule has 0 atom stereocenters. The number of allylic oxidation sites excluding steroid dienone is 1. The van der Waals surface area contributed by atoms with Crippen molar-refractivity contribution >= 4 is 44.2 Å². The van der Waals surface area contributed by atoms with Crippen LogP contribution in [0, 0.1) is 0 Å². The Kier molecular flexibility index (Phi) is 8.19. The van der Waals surface area contributed by atoms with E-state index in [1.165, 1.54) is 71.6 Å². The van der Waals surface area contributed by atoms with Crippen molar-refractivity contribution in [2.75, 3.05) is 4.90 Å². The molecule has 0 saturated heterocycles. The van der Waals surface area contributed by atoms with E-state index in [4.69, 9.17) is 4.98 Å². The summed E-state index contributed by atoms with van der Waals surface area (Å²) in [5.74, 6) is 0. The second kappa shape index (κ2) is 13.7. The van der Waals surface area contributed by atoms with Crippen molar-refractivity contribution in [3.63, 3.8) is 0 Å². The quantitative estimate of drug-likeness (QED) is 0.163. The van der Waals surface area contributed by atoms with Gasteiger partial charge >= 0.3 is 0 Å².